The first-order valence-corrected chi connectivity index (χ1v) is 12.1. The molecule has 0 saturated carbocycles. The molecule has 3 heterocycles. The Labute approximate surface area is 199 Å². The van der Waals surface area contributed by atoms with Gasteiger partial charge in [-0.25, -0.2) is 19.3 Å². The zero-order valence-corrected chi connectivity index (χ0v) is 19.6. The second kappa shape index (κ2) is 10.3. The average molecular weight is 459 g/mol. The number of halogens is 1. The maximum absolute atomic E-state index is 13.4. The summed E-state index contributed by atoms with van der Waals surface area (Å²) in [7, 11) is 0. The van der Waals surface area contributed by atoms with Crippen LogP contribution in [0.2, 0.25) is 0 Å². The second-order valence-corrected chi connectivity index (χ2v) is 9.17. The van der Waals surface area contributed by atoms with Crippen LogP contribution < -0.4 is 5.32 Å². The molecule has 1 fully saturated rings. The number of benzene rings is 2. The van der Waals surface area contributed by atoms with Gasteiger partial charge in [-0.2, -0.15) is 0 Å². The lowest BCUT2D eigenvalue weighted by atomic mass is 9.93. The molecule has 4 aromatic rings. The van der Waals surface area contributed by atoms with Gasteiger partial charge in [-0.15, -0.1) is 0 Å². The monoisotopic (exact) mass is 458 g/mol. The van der Waals surface area contributed by atoms with Crippen LogP contribution in [0.25, 0.3) is 11.0 Å². The first-order valence-electron chi connectivity index (χ1n) is 12.1. The van der Waals surface area contributed by atoms with Crippen molar-refractivity contribution in [3.05, 3.63) is 83.7 Å². The van der Waals surface area contributed by atoms with E-state index >= 15 is 0 Å². The third-order valence-corrected chi connectivity index (χ3v) is 6.67. The van der Waals surface area contributed by atoms with E-state index in [9.17, 15) is 4.39 Å². The summed E-state index contributed by atoms with van der Waals surface area (Å²) in [5, 5.41) is 3.33. The zero-order chi connectivity index (χ0) is 23.3. The zero-order valence-electron chi connectivity index (χ0n) is 19.6. The van der Waals surface area contributed by atoms with Crippen LogP contribution in [-0.4, -0.2) is 50.6 Å². The molecule has 34 heavy (non-hydrogen) atoms. The molecule has 6 nitrogen and oxygen atoms in total. The van der Waals surface area contributed by atoms with Crippen LogP contribution >= 0.6 is 0 Å². The molecule has 1 saturated heterocycles. The number of hydrogen-bond donors (Lipinski definition) is 1. The molecule has 0 amide bonds. The molecular formula is C27H31FN6. The van der Waals surface area contributed by atoms with E-state index in [0.29, 0.717) is 18.4 Å². The van der Waals surface area contributed by atoms with E-state index < -0.39 is 0 Å². The molecule has 5 rings (SSSR count). The van der Waals surface area contributed by atoms with Crippen molar-refractivity contribution in [2.45, 2.75) is 32.7 Å². The normalized spacial score (nSPS) is 15.1. The van der Waals surface area contributed by atoms with Crippen molar-refractivity contribution in [3.8, 4) is 0 Å². The van der Waals surface area contributed by atoms with Gasteiger partial charge in [0.15, 0.2) is 0 Å². The van der Waals surface area contributed by atoms with Crippen LogP contribution in [0.15, 0.2) is 60.8 Å². The van der Waals surface area contributed by atoms with Crippen LogP contribution in [0.3, 0.4) is 0 Å². The summed E-state index contributed by atoms with van der Waals surface area (Å²) in [6.07, 6.45) is 5.10. The minimum atomic E-state index is -0.201. The van der Waals surface area contributed by atoms with Crippen molar-refractivity contribution in [3.63, 3.8) is 0 Å². The highest BCUT2D eigenvalue weighted by atomic mass is 19.1. The molecule has 2 aromatic carbocycles. The lowest BCUT2D eigenvalue weighted by Crippen LogP contribution is -2.37. The largest absolute Gasteiger partial charge is 0.353 e. The topological polar surface area (TPSA) is 58.9 Å². The molecule has 0 bridgehead atoms. The summed E-state index contributed by atoms with van der Waals surface area (Å²) < 4.78 is 15.7. The fraction of sp³-hybridized carbons (Fsp3) is 0.370. The van der Waals surface area contributed by atoms with Crippen LogP contribution in [0.5, 0.6) is 0 Å². The van der Waals surface area contributed by atoms with Gasteiger partial charge in [0.05, 0.1) is 11.0 Å². The van der Waals surface area contributed by atoms with Crippen molar-refractivity contribution in [2.24, 2.45) is 5.92 Å². The van der Waals surface area contributed by atoms with Gasteiger partial charge in [-0.05, 0) is 74.7 Å². The Morgan fingerprint density at radius 1 is 1.00 bits per heavy atom. The molecule has 0 unspecified atom stereocenters. The number of aryl methyl sites for hydroxylation is 1. The van der Waals surface area contributed by atoms with E-state index in [4.69, 9.17) is 4.98 Å². The summed E-state index contributed by atoms with van der Waals surface area (Å²) in [6.45, 7) is 6.72. The maximum Gasteiger partial charge on any atom is 0.222 e. The Kier molecular flexibility index (Phi) is 6.81. The number of para-hydroxylation sites is 2. The number of nitrogens with one attached hydrogen (secondary N) is 1. The molecule has 7 heteroatoms. The van der Waals surface area contributed by atoms with Gasteiger partial charge >= 0.3 is 0 Å². The summed E-state index contributed by atoms with van der Waals surface area (Å²) in [5.74, 6) is 2.25. The van der Waals surface area contributed by atoms with E-state index in [0.717, 1.165) is 60.7 Å². The Balaban J connectivity index is 1.19. The highest BCUT2D eigenvalue weighted by molar-refractivity contribution is 5.76. The fourth-order valence-electron chi connectivity index (χ4n) is 4.76. The van der Waals surface area contributed by atoms with E-state index in [1.807, 2.05) is 31.2 Å². The number of rotatable bonds is 8. The Morgan fingerprint density at radius 3 is 2.59 bits per heavy atom. The molecule has 0 atom stereocenters. The molecule has 1 N–H and O–H groups in total. The number of hydrogen-bond acceptors (Lipinski definition) is 5. The number of fused-ring (bicyclic) bond motifs is 1. The SMILES string of the molecule is Cc1ccnc(NCCN2CCC(Cc3nc4ccccc4n3Cc3ccc(F)cc3)CC2)n1. The molecule has 1 aliphatic heterocycles. The van der Waals surface area contributed by atoms with E-state index in [1.54, 1.807) is 6.20 Å². The van der Waals surface area contributed by atoms with Crippen molar-refractivity contribution >= 4 is 17.0 Å². The van der Waals surface area contributed by atoms with Crippen molar-refractivity contribution in [1.82, 2.24) is 24.4 Å². The van der Waals surface area contributed by atoms with Gasteiger partial charge in [0, 0.05) is 37.9 Å². The smallest absolute Gasteiger partial charge is 0.222 e. The van der Waals surface area contributed by atoms with Gasteiger partial charge < -0.3 is 14.8 Å². The number of anilines is 1. The summed E-state index contributed by atoms with van der Waals surface area (Å²) in [5.41, 5.74) is 4.24. The Hall–Kier alpha value is -3.32. The molecule has 0 spiro atoms. The van der Waals surface area contributed by atoms with Crippen molar-refractivity contribution in [2.75, 3.05) is 31.5 Å². The van der Waals surface area contributed by atoms with Crippen LogP contribution in [0, 0.1) is 18.7 Å². The van der Waals surface area contributed by atoms with Gasteiger partial charge in [0.25, 0.3) is 0 Å². The highest BCUT2D eigenvalue weighted by Gasteiger charge is 2.22. The predicted molar refractivity (Wildman–Crippen MR) is 133 cm³/mol. The summed E-state index contributed by atoms with van der Waals surface area (Å²) >= 11 is 0. The standard InChI is InChI=1S/C27H31FN6/c1-20-10-13-29-27(31-20)30-14-17-33-15-11-21(12-16-33)18-26-32-24-4-2-3-5-25(24)34(26)19-22-6-8-23(28)9-7-22/h2-10,13,21H,11-12,14-19H2,1H3,(H,29,30,31). The molecule has 1 aliphatic rings. The average Bonchev–Trinajstić information content (AvgIpc) is 3.18. The minimum absolute atomic E-state index is 0.201. The molecule has 0 aliphatic carbocycles. The number of piperidine rings is 1. The van der Waals surface area contributed by atoms with Gasteiger partial charge in [-0.1, -0.05) is 24.3 Å². The minimum Gasteiger partial charge on any atom is -0.353 e. The highest BCUT2D eigenvalue weighted by Crippen LogP contribution is 2.25. The molecule has 0 radical (unpaired) electrons. The summed E-state index contributed by atoms with van der Waals surface area (Å²) in [4.78, 5) is 16.2. The van der Waals surface area contributed by atoms with E-state index in [-0.39, 0.29) is 5.82 Å². The van der Waals surface area contributed by atoms with Crippen LogP contribution in [0.4, 0.5) is 10.3 Å². The number of imidazole rings is 1. The predicted octanol–water partition coefficient (Wildman–Crippen LogP) is 4.69. The molecular weight excluding hydrogens is 427 g/mol. The first-order chi connectivity index (χ1) is 16.6. The van der Waals surface area contributed by atoms with Gasteiger partial charge in [0.1, 0.15) is 11.6 Å². The number of nitrogens with zero attached hydrogens (tertiary/aromatic N) is 5. The van der Waals surface area contributed by atoms with E-state index in [1.165, 1.54) is 25.0 Å². The third-order valence-electron chi connectivity index (χ3n) is 6.67. The van der Waals surface area contributed by atoms with E-state index in [2.05, 4.69) is 43.0 Å². The molecule has 176 valence electrons. The summed E-state index contributed by atoms with van der Waals surface area (Å²) in [6, 6.07) is 17.0. The third kappa shape index (κ3) is 5.42. The van der Waals surface area contributed by atoms with Crippen molar-refractivity contribution < 1.29 is 4.39 Å². The Morgan fingerprint density at radius 2 is 1.79 bits per heavy atom. The second-order valence-electron chi connectivity index (χ2n) is 9.17. The van der Waals surface area contributed by atoms with Gasteiger partial charge in [-0.3, -0.25) is 0 Å². The maximum atomic E-state index is 13.4. The lowest BCUT2D eigenvalue weighted by Gasteiger charge is -2.32. The fourth-order valence-corrected chi connectivity index (χ4v) is 4.76. The van der Waals surface area contributed by atoms with Crippen LogP contribution in [0.1, 0.15) is 29.9 Å². The number of aromatic nitrogens is 4. The molecule has 2 aromatic heterocycles. The van der Waals surface area contributed by atoms with Gasteiger partial charge in [0.2, 0.25) is 5.95 Å². The lowest BCUT2D eigenvalue weighted by molar-refractivity contribution is 0.188. The van der Waals surface area contributed by atoms with Crippen LogP contribution in [-0.2, 0) is 13.0 Å². The number of likely N-dealkylation sites (tertiary alicyclic amines) is 1. The van der Waals surface area contributed by atoms with Crippen molar-refractivity contribution in [1.29, 1.82) is 0 Å². The quantitative estimate of drug-likeness (QED) is 0.415. The first kappa shape index (κ1) is 22.5. The Bertz CT molecular complexity index is 1230.